The fourth-order valence-electron chi connectivity index (χ4n) is 12.0. The Bertz CT molecular complexity index is 1240. The number of fused-ring (bicyclic) bond motifs is 2. The van der Waals surface area contributed by atoms with Gasteiger partial charge in [0.05, 0.1) is 36.6 Å². The fraction of sp³-hybridized carbons (Fsp3) is 0.735. The van der Waals surface area contributed by atoms with Gasteiger partial charge in [0, 0.05) is 94.4 Å². The van der Waals surface area contributed by atoms with Gasteiger partial charge in [0.25, 0.3) is 0 Å². The summed E-state index contributed by atoms with van der Waals surface area (Å²) >= 11 is 0. The molecule has 1 aliphatic heterocycles. The maximum Gasteiger partial charge on any atom is 0.331 e. The smallest absolute Gasteiger partial charge is 0.331 e. The van der Waals surface area contributed by atoms with Crippen molar-refractivity contribution in [2.75, 3.05) is 48.1 Å². The number of benzene rings is 1. The molecular formula is C34H47NO8. The van der Waals surface area contributed by atoms with Crippen molar-refractivity contribution in [2.24, 2.45) is 40.4 Å². The molecule has 0 radical (unpaired) electrons. The van der Waals surface area contributed by atoms with Crippen molar-refractivity contribution < 1.29 is 38.7 Å². The van der Waals surface area contributed by atoms with Gasteiger partial charge < -0.3 is 33.9 Å². The molecular weight excluding hydrogens is 550 g/mol. The molecule has 0 unspecified atom stereocenters. The van der Waals surface area contributed by atoms with Crippen molar-refractivity contribution in [3.63, 3.8) is 0 Å². The number of piperidine rings is 1. The van der Waals surface area contributed by atoms with E-state index in [1.165, 1.54) is 6.08 Å². The van der Waals surface area contributed by atoms with E-state index in [0.717, 1.165) is 18.5 Å². The molecule has 7 rings (SSSR count). The minimum Gasteiger partial charge on any atom is -0.458 e. The molecule has 5 aliphatic carbocycles. The SMILES string of the molecule is CCN1C[C@]2(COC)[C@H](O)C[C@H](OC)[C@@]34[C@@H]5C[C@H]6[C@H](OC(=O)C=Cc7ccccc7)[C@@H]5[C@](O)(C[C@@H]6OC)[C@@H]([C@H](OC)[C@H]23)[C@@H]14. The number of nitrogens with zero attached hydrogens (tertiary/aromatic N) is 1. The van der Waals surface area contributed by atoms with Crippen LogP contribution in [0.5, 0.6) is 0 Å². The first-order chi connectivity index (χ1) is 20.8. The summed E-state index contributed by atoms with van der Waals surface area (Å²) in [5.74, 6) is -1.15. The van der Waals surface area contributed by atoms with Crippen LogP contribution < -0.4 is 0 Å². The van der Waals surface area contributed by atoms with Crippen LogP contribution in [0.4, 0.5) is 0 Å². The third kappa shape index (κ3) is 3.73. The molecule has 0 aromatic heterocycles. The summed E-state index contributed by atoms with van der Waals surface area (Å²) in [7, 11) is 6.90. The molecule has 2 N–H and O–H groups in total. The van der Waals surface area contributed by atoms with Gasteiger partial charge in [-0.2, -0.15) is 0 Å². The highest BCUT2D eigenvalue weighted by Crippen LogP contribution is 2.79. The second kappa shape index (κ2) is 10.6. The number of hydrogen-bond donors (Lipinski definition) is 2. The first kappa shape index (κ1) is 29.8. The Balaban J connectivity index is 1.37. The lowest BCUT2D eigenvalue weighted by Gasteiger charge is -2.70. The zero-order chi connectivity index (χ0) is 30.3. The topological polar surface area (TPSA) is 107 Å². The number of aliphatic hydroxyl groups is 2. The molecule has 9 heteroatoms. The number of aliphatic hydroxyl groups excluding tert-OH is 1. The standard InChI is InChI=1S/C34H47NO8/c1-6-35-17-32(18-39-2)23(36)15-24(41-4)34-21-14-20-22(40-3)16-33(38,27(31(34)35)29(42-5)30(32)34)26(21)28(20)43-25(37)13-12-19-10-8-7-9-11-19/h7-13,20-24,26-31,36,38H,6,14-18H2,1-5H3/t20-,21-,22+,23-,24+,26-,27+,28+,29+,30-,31-,32+,33-,34+/m1/s1. The molecule has 1 heterocycles. The largest absolute Gasteiger partial charge is 0.458 e. The monoisotopic (exact) mass is 597 g/mol. The van der Waals surface area contributed by atoms with Gasteiger partial charge in [-0.15, -0.1) is 0 Å². The molecule has 6 aliphatic rings. The van der Waals surface area contributed by atoms with Crippen molar-refractivity contribution in [3.8, 4) is 0 Å². The Hall–Kier alpha value is -1.85. The Morgan fingerprint density at radius 3 is 2.47 bits per heavy atom. The van der Waals surface area contributed by atoms with Crippen molar-refractivity contribution in [1.82, 2.24) is 4.90 Å². The van der Waals surface area contributed by atoms with Crippen molar-refractivity contribution in [2.45, 2.75) is 68.3 Å². The highest BCUT2D eigenvalue weighted by Gasteiger charge is 2.87. The summed E-state index contributed by atoms with van der Waals surface area (Å²) in [4.78, 5) is 15.9. The van der Waals surface area contributed by atoms with E-state index >= 15 is 0 Å². The molecule has 236 valence electrons. The number of likely N-dealkylation sites (tertiary alicyclic amines) is 1. The number of rotatable bonds is 9. The van der Waals surface area contributed by atoms with E-state index in [-0.39, 0.29) is 53.9 Å². The van der Waals surface area contributed by atoms with E-state index < -0.39 is 34.6 Å². The van der Waals surface area contributed by atoms with Crippen LogP contribution in [0.25, 0.3) is 6.08 Å². The number of esters is 1. The van der Waals surface area contributed by atoms with Gasteiger partial charge >= 0.3 is 5.97 Å². The maximum absolute atomic E-state index is 13.4. The van der Waals surface area contributed by atoms with Crippen LogP contribution in [0.2, 0.25) is 0 Å². The van der Waals surface area contributed by atoms with Crippen molar-refractivity contribution in [3.05, 3.63) is 42.0 Å². The lowest BCUT2D eigenvalue weighted by molar-refractivity contribution is -0.296. The van der Waals surface area contributed by atoms with Crippen LogP contribution in [0.15, 0.2) is 36.4 Å². The molecule has 1 aromatic carbocycles. The quantitative estimate of drug-likeness (QED) is 0.328. The number of methoxy groups -OCH3 is 4. The van der Waals surface area contributed by atoms with Gasteiger partial charge in [0.1, 0.15) is 6.10 Å². The first-order valence-corrected chi connectivity index (χ1v) is 15.9. The van der Waals surface area contributed by atoms with E-state index in [9.17, 15) is 15.0 Å². The van der Waals surface area contributed by atoms with Gasteiger partial charge in [-0.25, -0.2) is 4.79 Å². The summed E-state index contributed by atoms with van der Waals surface area (Å²) < 4.78 is 31.2. The predicted octanol–water partition coefficient (Wildman–Crippen LogP) is 2.39. The molecule has 0 amide bonds. The number of carbonyl (C=O) groups excluding carboxylic acids is 1. The molecule has 1 aromatic rings. The molecule has 6 fully saturated rings. The summed E-state index contributed by atoms with van der Waals surface area (Å²) in [5.41, 5.74) is -1.28. The summed E-state index contributed by atoms with van der Waals surface area (Å²) in [5, 5.41) is 25.1. The number of ether oxygens (including phenoxy) is 5. The Morgan fingerprint density at radius 1 is 1.05 bits per heavy atom. The third-order valence-corrected chi connectivity index (χ3v) is 12.9. The lowest BCUT2D eigenvalue weighted by atomic mass is 9.42. The van der Waals surface area contributed by atoms with Crippen molar-refractivity contribution >= 4 is 12.0 Å². The van der Waals surface area contributed by atoms with Gasteiger partial charge in [0.2, 0.25) is 0 Å². The van der Waals surface area contributed by atoms with Crippen LogP contribution >= 0.6 is 0 Å². The summed E-state index contributed by atoms with van der Waals surface area (Å²) in [6.45, 7) is 4.01. The average molecular weight is 598 g/mol. The summed E-state index contributed by atoms with van der Waals surface area (Å²) in [6.07, 6.45) is 2.98. The van der Waals surface area contributed by atoms with E-state index in [4.69, 9.17) is 23.7 Å². The van der Waals surface area contributed by atoms with Gasteiger partial charge in [-0.1, -0.05) is 37.3 Å². The zero-order valence-corrected chi connectivity index (χ0v) is 25.9. The average Bonchev–Trinajstić information content (AvgIpc) is 3.44. The van der Waals surface area contributed by atoms with Gasteiger partial charge in [-0.05, 0) is 30.5 Å². The Labute approximate surface area is 254 Å². The lowest BCUT2D eigenvalue weighted by Crippen LogP contribution is -2.78. The molecule has 1 saturated heterocycles. The summed E-state index contributed by atoms with van der Waals surface area (Å²) in [6, 6.07) is 9.68. The molecule has 1 spiro atoms. The minimum atomic E-state index is -1.19. The van der Waals surface area contributed by atoms with Crippen LogP contribution in [-0.4, -0.2) is 111 Å². The zero-order valence-electron chi connectivity index (χ0n) is 25.9. The number of hydrogen-bond acceptors (Lipinski definition) is 9. The first-order valence-electron chi connectivity index (χ1n) is 15.9. The molecule has 9 nitrogen and oxygen atoms in total. The van der Waals surface area contributed by atoms with Crippen LogP contribution in [0, 0.1) is 40.4 Å². The van der Waals surface area contributed by atoms with E-state index in [1.54, 1.807) is 34.5 Å². The van der Waals surface area contributed by atoms with Gasteiger partial charge in [0.15, 0.2) is 0 Å². The van der Waals surface area contributed by atoms with Crippen molar-refractivity contribution in [1.29, 1.82) is 0 Å². The fourth-order valence-corrected chi connectivity index (χ4v) is 12.0. The molecule has 5 saturated carbocycles. The van der Waals surface area contributed by atoms with Gasteiger partial charge in [-0.3, -0.25) is 4.90 Å². The minimum absolute atomic E-state index is 0.00943. The highest BCUT2D eigenvalue weighted by molar-refractivity contribution is 5.87. The van der Waals surface area contributed by atoms with Crippen LogP contribution in [-0.2, 0) is 28.5 Å². The number of carbonyl (C=O) groups is 1. The normalized spacial score (nSPS) is 49.4. The van der Waals surface area contributed by atoms with E-state index in [1.807, 2.05) is 30.3 Å². The molecule has 7 bridgehead atoms. The second-order valence-electron chi connectivity index (χ2n) is 14.0. The Kier molecular flexibility index (Phi) is 7.36. The van der Waals surface area contributed by atoms with E-state index in [2.05, 4.69) is 11.8 Å². The van der Waals surface area contributed by atoms with Crippen LogP contribution in [0.1, 0.15) is 31.7 Å². The van der Waals surface area contributed by atoms with Crippen LogP contribution in [0.3, 0.4) is 0 Å². The van der Waals surface area contributed by atoms with E-state index in [0.29, 0.717) is 26.0 Å². The molecule has 14 atom stereocenters. The predicted molar refractivity (Wildman–Crippen MR) is 158 cm³/mol. The Morgan fingerprint density at radius 2 is 1.81 bits per heavy atom. The third-order valence-electron chi connectivity index (χ3n) is 12.9. The highest BCUT2D eigenvalue weighted by atomic mass is 16.6. The second-order valence-corrected chi connectivity index (χ2v) is 14.0. The molecule has 43 heavy (non-hydrogen) atoms. The maximum atomic E-state index is 13.4.